The Morgan fingerprint density at radius 1 is 1.06 bits per heavy atom. The fraction of sp³-hybridized carbons (Fsp3) is 0.250. The molecule has 2 saturated heterocycles. The van der Waals surface area contributed by atoms with E-state index in [9.17, 15) is 19.2 Å². The summed E-state index contributed by atoms with van der Waals surface area (Å²) in [4.78, 5) is 52.4. The SMILES string of the molecule is O=C(COc1cccc(/C=C2\SC(=O)N(CC(=O)N3CCOCC3)C2=O)c1)Nc1ccccc1. The molecule has 2 heterocycles. The molecule has 2 aliphatic heterocycles. The highest BCUT2D eigenvalue weighted by Crippen LogP contribution is 2.32. The van der Waals surface area contributed by atoms with Gasteiger partial charge < -0.3 is 19.7 Å². The molecule has 2 fully saturated rings. The number of hydrogen-bond donors (Lipinski definition) is 1. The molecule has 0 radical (unpaired) electrons. The summed E-state index contributed by atoms with van der Waals surface area (Å²) in [7, 11) is 0. The fourth-order valence-electron chi connectivity index (χ4n) is 3.40. The van der Waals surface area contributed by atoms with Gasteiger partial charge in [-0.25, -0.2) is 0 Å². The van der Waals surface area contributed by atoms with Crippen molar-refractivity contribution in [3.05, 3.63) is 65.1 Å². The van der Waals surface area contributed by atoms with Crippen LogP contribution in [-0.2, 0) is 19.1 Å². The highest BCUT2D eigenvalue weighted by molar-refractivity contribution is 8.18. The molecule has 0 bridgehead atoms. The summed E-state index contributed by atoms with van der Waals surface area (Å²) >= 11 is 0.789. The summed E-state index contributed by atoms with van der Waals surface area (Å²) in [5.41, 5.74) is 1.30. The Balaban J connectivity index is 1.35. The predicted octanol–water partition coefficient (Wildman–Crippen LogP) is 2.60. The minimum Gasteiger partial charge on any atom is -0.484 e. The van der Waals surface area contributed by atoms with Crippen LogP contribution >= 0.6 is 11.8 Å². The molecule has 2 aromatic carbocycles. The van der Waals surface area contributed by atoms with Gasteiger partial charge in [0.2, 0.25) is 5.91 Å². The van der Waals surface area contributed by atoms with Crippen LogP contribution in [-0.4, -0.2) is 72.2 Å². The van der Waals surface area contributed by atoms with E-state index in [1.165, 1.54) is 0 Å². The second-order valence-corrected chi connectivity index (χ2v) is 8.53. The fourth-order valence-corrected chi connectivity index (χ4v) is 4.24. The molecule has 2 aliphatic rings. The van der Waals surface area contributed by atoms with Gasteiger partial charge in [0.25, 0.3) is 17.1 Å². The zero-order valence-electron chi connectivity index (χ0n) is 18.3. The zero-order chi connectivity index (χ0) is 23.9. The van der Waals surface area contributed by atoms with Crippen LogP contribution < -0.4 is 10.1 Å². The number of nitrogens with one attached hydrogen (secondary N) is 1. The topological polar surface area (TPSA) is 105 Å². The lowest BCUT2D eigenvalue weighted by molar-refractivity contribution is -0.139. The van der Waals surface area contributed by atoms with Crippen molar-refractivity contribution in [2.45, 2.75) is 0 Å². The first-order valence-corrected chi connectivity index (χ1v) is 11.5. The van der Waals surface area contributed by atoms with Crippen molar-refractivity contribution in [3.63, 3.8) is 0 Å². The Morgan fingerprint density at radius 3 is 2.59 bits per heavy atom. The van der Waals surface area contributed by atoms with Gasteiger partial charge in [-0.2, -0.15) is 0 Å². The first-order valence-electron chi connectivity index (χ1n) is 10.7. The number of benzene rings is 2. The Morgan fingerprint density at radius 2 is 1.82 bits per heavy atom. The second kappa shape index (κ2) is 11.0. The zero-order valence-corrected chi connectivity index (χ0v) is 19.1. The minimum absolute atomic E-state index is 0.182. The summed E-state index contributed by atoms with van der Waals surface area (Å²) in [5, 5.41) is 2.25. The van der Waals surface area contributed by atoms with E-state index >= 15 is 0 Å². The average Bonchev–Trinajstić information content (AvgIpc) is 3.11. The van der Waals surface area contributed by atoms with Crippen molar-refractivity contribution >= 4 is 46.5 Å². The third kappa shape index (κ3) is 6.03. The average molecular weight is 482 g/mol. The van der Waals surface area contributed by atoms with Gasteiger partial charge in [-0.3, -0.25) is 24.1 Å². The van der Waals surface area contributed by atoms with Crippen LogP contribution in [0.1, 0.15) is 5.56 Å². The number of anilines is 1. The number of para-hydroxylation sites is 1. The van der Waals surface area contributed by atoms with E-state index in [1.54, 1.807) is 47.4 Å². The van der Waals surface area contributed by atoms with Crippen LogP contribution in [0.25, 0.3) is 6.08 Å². The molecule has 0 unspecified atom stereocenters. The van der Waals surface area contributed by atoms with E-state index in [1.807, 2.05) is 18.2 Å². The van der Waals surface area contributed by atoms with Crippen molar-refractivity contribution in [1.82, 2.24) is 9.80 Å². The van der Waals surface area contributed by atoms with Gasteiger partial charge in [-0.05, 0) is 47.7 Å². The van der Waals surface area contributed by atoms with E-state index in [2.05, 4.69) is 5.32 Å². The third-order valence-electron chi connectivity index (χ3n) is 5.11. The monoisotopic (exact) mass is 481 g/mol. The lowest BCUT2D eigenvalue weighted by Gasteiger charge is -2.28. The Labute approximate surface area is 200 Å². The lowest BCUT2D eigenvalue weighted by atomic mass is 10.2. The van der Waals surface area contributed by atoms with Gasteiger partial charge in [0.1, 0.15) is 12.3 Å². The van der Waals surface area contributed by atoms with E-state index in [4.69, 9.17) is 9.47 Å². The highest BCUT2D eigenvalue weighted by Gasteiger charge is 2.37. The van der Waals surface area contributed by atoms with E-state index in [0.717, 1.165) is 16.7 Å². The van der Waals surface area contributed by atoms with Crippen LogP contribution in [0.15, 0.2) is 59.5 Å². The molecule has 4 amide bonds. The maximum atomic E-state index is 12.7. The molecule has 0 aromatic heterocycles. The van der Waals surface area contributed by atoms with Crippen molar-refractivity contribution in [2.24, 2.45) is 0 Å². The van der Waals surface area contributed by atoms with Crippen LogP contribution in [0.2, 0.25) is 0 Å². The van der Waals surface area contributed by atoms with Crippen LogP contribution in [0.5, 0.6) is 5.75 Å². The van der Waals surface area contributed by atoms with Crippen LogP contribution in [0.4, 0.5) is 10.5 Å². The van der Waals surface area contributed by atoms with E-state index in [0.29, 0.717) is 43.3 Å². The van der Waals surface area contributed by atoms with Crippen molar-refractivity contribution in [2.75, 3.05) is 44.8 Å². The number of thioether (sulfide) groups is 1. The molecule has 34 heavy (non-hydrogen) atoms. The van der Waals surface area contributed by atoms with Gasteiger partial charge in [0.05, 0.1) is 18.1 Å². The standard InChI is InChI=1S/C24H23N3O6S/c28-21(25-18-6-2-1-3-7-18)16-33-19-8-4-5-17(13-19)14-20-23(30)27(24(31)34-20)15-22(29)26-9-11-32-12-10-26/h1-8,13-14H,9-12,15-16H2,(H,25,28)/b20-14-. The maximum Gasteiger partial charge on any atom is 0.294 e. The molecule has 0 saturated carbocycles. The number of imide groups is 1. The first-order chi connectivity index (χ1) is 16.5. The summed E-state index contributed by atoms with van der Waals surface area (Å²) in [5.74, 6) is -0.650. The predicted molar refractivity (Wildman–Crippen MR) is 127 cm³/mol. The van der Waals surface area contributed by atoms with E-state index in [-0.39, 0.29) is 29.9 Å². The summed E-state index contributed by atoms with van der Waals surface area (Å²) in [6, 6.07) is 15.9. The number of carbonyl (C=O) groups excluding carboxylic acids is 4. The molecule has 4 rings (SSSR count). The number of rotatable bonds is 7. The Hall–Kier alpha value is -3.63. The number of carbonyl (C=O) groups is 4. The van der Waals surface area contributed by atoms with Gasteiger partial charge in [-0.15, -0.1) is 0 Å². The molecule has 176 valence electrons. The van der Waals surface area contributed by atoms with Crippen LogP contribution in [0.3, 0.4) is 0 Å². The van der Waals surface area contributed by atoms with Gasteiger partial charge in [-0.1, -0.05) is 30.3 Å². The molecule has 10 heteroatoms. The third-order valence-corrected chi connectivity index (χ3v) is 6.02. The molecule has 0 atom stereocenters. The molecule has 9 nitrogen and oxygen atoms in total. The smallest absolute Gasteiger partial charge is 0.294 e. The van der Waals surface area contributed by atoms with Gasteiger partial charge in [0.15, 0.2) is 6.61 Å². The summed E-state index contributed by atoms with van der Waals surface area (Å²) in [6.07, 6.45) is 1.57. The Kier molecular flexibility index (Phi) is 7.61. The molecule has 0 aliphatic carbocycles. The normalized spacial score (nSPS) is 17.2. The van der Waals surface area contributed by atoms with Crippen molar-refractivity contribution in [1.29, 1.82) is 0 Å². The molecular weight excluding hydrogens is 458 g/mol. The number of hydrogen-bond acceptors (Lipinski definition) is 7. The Bertz CT molecular complexity index is 1110. The molecule has 0 spiro atoms. The lowest BCUT2D eigenvalue weighted by Crippen LogP contribution is -2.46. The summed E-state index contributed by atoms with van der Waals surface area (Å²) < 4.78 is 10.8. The highest BCUT2D eigenvalue weighted by atomic mass is 32.2. The minimum atomic E-state index is -0.509. The largest absolute Gasteiger partial charge is 0.484 e. The quantitative estimate of drug-likeness (QED) is 0.606. The number of nitrogens with zero attached hydrogens (tertiary/aromatic N) is 2. The number of ether oxygens (including phenoxy) is 2. The van der Waals surface area contributed by atoms with Crippen molar-refractivity contribution < 1.29 is 28.7 Å². The van der Waals surface area contributed by atoms with E-state index < -0.39 is 11.1 Å². The molecule has 2 aromatic rings. The molecule has 1 N–H and O–H groups in total. The first kappa shape index (κ1) is 23.5. The van der Waals surface area contributed by atoms with Gasteiger partial charge >= 0.3 is 0 Å². The maximum absolute atomic E-state index is 12.7. The second-order valence-electron chi connectivity index (χ2n) is 7.54. The number of amides is 4. The van der Waals surface area contributed by atoms with Gasteiger partial charge in [0, 0.05) is 18.8 Å². The van der Waals surface area contributed by atoms with Crippen molar-refractivity contribution in [3.8, 4) is 5.75 Å². The summed E-state index contributed by atoms with van der Waals surface area (Å²) in [6.45, 7) is 1.31. The van der Waals surface area contributed by atoms with Crippen LogP contribution in [0, 0.1) is 0 Å². The molecular formula is C24H23N3O6S. The number of morpholine rings is 1.